The van der Waals surface area contributed by atoms with E-state index in [0.29, 0.717) is 19.4 Å². The molecule has 7 heteroatoms. The third-order valence-corrected chi connectivity index (χ3v) is 5.42. The molecule has 1 aliphatic carbocycles. The number of hydrogen-bond donors (Lipinski definition) is 2. The van der Waals surface area contributed by atoms with E-state index in [9.17, 15) is 9.90 Å². The zero-order valence-electron chi connectivity index (χ0n) is 19.5. The predicted molar refractivity (Wildman–Crippen MR) is 115 cm³/mol. The van der Waals surface area contributed by atoms with Crippen LogP contribution in [-0.4, -0.2) is 86.8 Å². The molecule has 29 heavy (non-hydrogen) atoms. The zero-order chi connectivity index (χ0) is 22.2. The number of carbonyl (C=O) groups is 1. The number of esters is 1. The molecule has 1 saturated carbocycles. The number of aliphatic hydroxyl groups excluding tert-OH is 1. The number of likely N-dealkylation sites (N-methyl/N-ethyl adjacent to an activating group) is 1. The Kier molecular flexibility index (Phi) is 10.8. The molecule has 170 valence electrons. The molecule has 0 radical (unpaired) electrons. The van der Waals surface area contributed by atoms with Crippen molar-refractivity contribution in [3.05, 3.63) is 11.6 Å². The Morgan fingerprint density at radius 1 is 1.31 bits per heavy atom. The van der Waals surface area contributed by atoms with Crippen LogP contribution in [0.5, 0.6) is 0 Å². The number of aliphatic hydroxyl groups is 1. The first-order chi connectivity index (χ1) is 13.5. The number of nitrogens with one attached hydrogen (secondary N) is 1. The summed E-state index contributed by atoms with van der Waals surface area (Å²) in [5.74, 6) is -0.605. The summed E-state index contributed by atoms with van der Waals surface area (Å²) in [6.45, 7) is 11.4. The van der Waals surface area contributed by atoms with Crippen LogP contribution in [0.15, 0.2) is 11.6 Å². The van der Waals surface area contributed by atoms with Crippen LogP contribution in [0.2, 0.25) is 0 Å². The summed E-state index contributed by atoms with van der Waals surface area (Å²) in [5.41, 5.74) is 0.548. The smallest absolute Gasteiger partial charge is 0.320 e. The minimum atomic E-state index is -0.629. The van der Waals surface area contributed by atoms with E-state index in [0.717, 1.165) is 6.54 Å². The monoisotopic (exact) mass is 414 g/mol. The number of ether oxygens (including phenoxy) is 3. The Morgan fingerprint density at radius 2 is 1.97 bits per heavy atom. The van der Waals surface area contributed by atoms with Gasteiger partial charge in [0.05, 0.1) is 24.9 Å². The van der Waals surface area contributed by atoms with Crippen molar-refractivity contribution in [3.63, 3.8) is 0 Å². The molecule has 0 spiro atoms. The highest BCUT2D eigenvalue weighted by Crippen LogP contribution is 2.38. The van der Waals surface area contributed by atoms with Gasteiger partial charge in [0.25, 0.3) is 0 Å². The van der Waals surface area contributed by atoms with Crippen LogP contribution in [0.1, 0.15) is 47.5 Å². The molecule has 0 saturated heterocycles. The van der Waals surface area contributed by atoms with Crippen LogP contribution >= 0.6 is 0 Å². The second-order valence-corrected chi connectivity index (χ2v) is 9.14. The first kappa shape index (κ1) is 26.0. The average Bonchev–Trinajstić information content (AvgIpc) is 2.59. The molecule has 7 nitrogen and oxygen atoms in total. The van der Waals surface area contributed by atoms with Gasteiger partial charge in [-0.05, 0) is 61.6 Å². The summed E-state index contributed by atoms with van der Waals surface area (Å²) < 4.78 is 17.5. The van der Waals surface area contributed by atoms with Crippen molar-refractivity contribution in [3.8, 4) is 0 Å². The van der Waals surface area contributed by atoms with Gasteiger partial charge in [-0.1, -0.05) is 11.6 Å². The second-order valence-electron chi connectivity index (χ2n) is 9.14. The van der Waals surface area contributed by atoms with Gasteiger partial charge in [0.1, 0.15) is 12.2 Å². The van der Waals surface area contributed by atoms with Crippen LogP contribution in [-0.2, 0) is 19.0 Å². The minimum Gasteiger partial charge on any atom is -0.459 e. The Balaban J connectivity index is 2.74. The highest BCUT2D eigenvalue weighted by Gasteiger charge is 2.49. The highest BCUT2D eigenvalue weighted by molar-refractivity contribution is 5.72. The summed E-state index contributed by atoms with van der Waals surface area (Å²) in [7, 11) is 5.59. The first-order valence-electron chi connectivity index (χ1n) is 10.5. The lowest BCUT2D eigenvalue weighted by molar-refractivity contribution is -0.199. The Bertz CT molecular complexity index is 531. The van der Waals surface area contributed by atoms with Gasteiger partial charge in [-0.25, -0.2) is 0 Å². The predicted octanol–water partition coefficient (Wildman–Crippen LogP) is 1.99. The van der Waals surface area contributed by atoms with Crippen molar-refractivity contribution in [2.75, 3.05) is 40.9 Å². The average molecular weight is 415 g/mol. The molecule has 0 bridgehead atoms. The molecule has 0 heterocycles. The number of nitrogens with zero attached hydrogens (tertiary/aromatic N) is 1. The Hall–Kier alpha value is -0.990. The third kappa shape index (κ3) is 8.72. The lowest BCUT2D eigenvalue weighted by Crippen LogP contribution is -2.57. The quantitative estimate of drug-likeness (QED) is 0.395. The third-order valence-electron chi connectivity index (χ3n) is 5.42. The topological polar surface area (TPSA) is 80.3 Å². The van der Waals surface area contributed by atoms with Crippen LogP contribution in [0.25, 0.3) is 0 Å². The Labute approximate surface area is 176 Å². The number of rotatable bonds is 11. The lowest BCUT2D eigenvalue weighted by Gasteiger charge is -2.46. The number of methoxy groups -OCH3 is 1. The van der Waals surface area contributed by atoms with Gasteiger partial charge in [-0.2, -0.15) is 0 Å². The van der Waals surface area contributed by atoms with E-state index < -0.39 is 23.9 Å². The molecule has 5 atom stereocenters. The molecule has 0 aromatic carbocycles. The molecule has 0 amide bonds. The summed E-state index contributed by atoms with van der Waals surface area (Å²) >= 11 is 0. The van der Waals surface area contributed by atoms with Gasteiger partial charge >= 0.3 is 5.97 Å². The molecular weight excluding hydrogens is 372 g/mol. The summed E-state index contributed by atoms with van der Waals surface area (Å²) in [5, 5.41) is 13.9. The Morgan fingerprint density at radius 3 is 2.52 bits per heavy atom. The van der Waals surface area contributed by atoms with Crippen LogP contribution in [0.4, 0.5) is 0 Å². The SMILES string of the molecule is CO[C@H]1[C@H](C(C)(C)OCC=C(C)C)[C@H](O)CC[C@H]1OC(=O)CNC(C)CN(C)C. The summed E-state index contributed by atoms with van der Waals surface area (Å²) in [6, 6.07) is 0.180. The largest absolute Gasteiger partial charge is 0.459 e. The minimum absolute atomic E-state index is 0.148. The molecule has 2 N–H and O–H groups in total. The second kappa shape index (κ2) is 12.0. The standard InChI is InChI=1S/C22H42N2O5/c1-15(2)11-12-28-22(4,5)20-17(25)9-10-18(21(20)27-8)29-19(26)13-23-16(3)14-24(6)7/h11,16-18,20-21,23,25H,9-10,12-14H2,1-8H3/t16?,17-,18-,20-,21-/m1/s1. The van der Waals surface area contributed by atoms with Gasteiger partial charge in [0, 0.05) is 25.6 Å². The molecule has 0 aromatic heterocycles. The van der Waals surface area contributed by atoms with Crippen molar-refractivity contribution in [2.24, 2.45) is 5.92 Å². The van der Waals surface area contributed by atoms with Crippen LogP contribution in [0, 0.1) is 5.92 Å². The van der Waals surface area contributed by atoms with Gasteiger partial charge in [-0.3, -0.25) is 4.79 Å². The van der Waals surface area contributed by atoms with E-state index in [1.54, 1.807) is 7.11 Å². The van der Waals surface area contributed by atoms with E-state index in [1.165, 1.54) is 5.57 Å². The van der Waals surface area contributed by atoms with E-state index in [-0.39, 0.29) is 24.5 Å². The molecular formula is C22H42N2O5. The summed E-state index contributed by atoms with van der Waals surface area (Å²) in [6.07, 6.45) is 1.72. The van der Waals surface area contributed by atoms with Crippen LogP contribution < -0.4 is 5.32 Å². The van der Waals surface area contributed by atoms with Crippen molar-refractivity contribution in [1.29, 1.82) is 0 Å². The maximum atomic E-state index is 12.4. The fourth-order valence-corrected chi connectivity index (χ4v) is 4.01. The van der Waals surface area contributed by atoms with Crippen LogP contribution in [0.3, 0.4) is 0 Å². The maximum Gasteiger partial charge on any atom is 0.320 e. The molecule has 0 aliphatic heterocycles. The molecule has 1 unspecified atom stereocenters. The fourth-order valence-electron chi connectivity index (χ4n) is 4.01. The van der Waals surface area contributed by atoms with Gasteiger partial charge in [0.2, 0.25) is 0 Å². The number of allylic oxidation sites excluding steroid dienone is 1. The molecule has 0 aromatic rings. The fraction of sp³-hybridized carbons (Fsp3) is 0.864. The first-order valence-corrected chi connectivity index (χ1v) is 10.5. The van der Waals surface area contributed by atoms with Gasteiger partial charge < -0.3 is 29.5 Å². The zero-order valence-corrected chi connectivity index (χ0v) is 19.5. The number of hydrogen-bond acceptors (Lipinski definition) is 7. The van der Waals surface area contributed by atoms with Crippen molar-refractivity contribution >= 4 is 5.97 Å². The molecule has 1 aliphatic rings. The van der Waals surface area contributed by atoms with Gasteiger partial charge in [0.15, 0.2) is 0 Å². The maximum absolute atomic E-state index is 12.4. The summed E-state index contributed by atoms with van der Waals surface area (Å²) in [4.78, 5) is 14.5. The van der Waals surface area contributed by atoms with Crippen molar-refractivity contribution < 1.29 is 24.1 Å². The molecule has 1 rings (SSSR count). The van der Waals surface area contributed by atoms with E-state index in [2.05, 4.69) is 10.2 Å². The molecule has 1 fully saturated rings. The lowest BCUT2D eigenvalue weighted by atomic mass is 9.73. The van der Waals surface area contributed by atoms with E-state index in [4.69, 9.17) is 14.2 Å². The van der Waals surface area contributed by atoms with E-state index >= 15 is 0 Å². The van der Waals surface area contributed by atoms with Crippen molar-refractivity contribution in [1.82, 2.24) is 10.2 Å². The van der Waals surface area contributed by atoms with Gasteiger partial charge in [-0.15, -0.1) is 0 Å². The van der Waals surface area contributed by atoms with E-state index in [1.807, 2.05) is 54.8 Å². The number of carbonyl (C=O) groups excluding carboxylic acids is 1. The highest BCUT2D eigenvalue weighted by atomic mass is 16.6. The normalized spacial score (nSPS) is 26.3. The van der Waals surface area contributed by atoms with Crippen molar-refractivity contribution in [2.45, 2.75) is 77.4 Å².